The summed E-state index contributed by atoms with van der Waals surface area (Å²) in [5.74, 6) is -3.93. The number of ether oxygens (including phenoxy) is 3. The molecule has 0 aromatic carbocycles. The summed E-state index contributed by atoms with van der Waals surface area (Å²) in [4.78, 5) is 43.5. The van der Waals surface area contributed by atoms with Crippen LogP contribution in [0.25, 0.3) is 0 Å². The molecule has 0 bridgehead atoms. The number of hydrogen-bond donors (Lipinski definition) is 1. The van der Waals surface area contributed by atoms with E-state index in [9.17, 15) is 19.2 Å². The molecule has 0 rings (SSSR count). The zero-order valence-corrected chi connectivity index (χ0v) is 12.7. The van der Waals surface area contributed by atoms with E-state index in [0.29, 0.717) is 0 Å². The molecule has 0 heterocycles. The van der Waals surface area contributed by atoms with Crippen LogP contribution in [0.3, 0.4) is 0 Å². The molecule has 0 aromatic rings. The lowest BCUT2D eigenvalue weighted by molar-refractivity contribution is -0.174. The van der Waals surface area contributed by atoms with Gasteiger partial charge in [-0.05, 0) is 20.8 Å². The summed E-state index contributed by atoms with van der Waals surface area (Å²) in [6, 6.07) is 0. The van der Waals surface area contributed by atoms with E-state index >= 15 is 0 Å². The Morgan fingerprint density at radius 2 is 1.55 bits per heavy atom. The molecule has 20 heavy (non-hydrogen) atoms. The van der Waals surface area contributed by atoms with E-state index in [2.05, 4.69) is 25.4 Å². The van der Waals surface area contributed by atoms with Crippen molar-refractivity contribution in [2.45, 2.75) is 37.8 Å². The third kappa shape index (κ3) is 7.07. The number of halogens is 1. The van der Waals surface area contributed by atoms with Crippen molar-refractivity contribution in [1.29, 1.82) is 0 Å². The molecule has 0 radical (unpaired) electrons. The smallest absolute Gasteiger partial charge is 0.347 e. The molecule has 8 nitrogen and oxygen atoms in total. The van der Waals surface area contributed by atoms with E-state index in [4.69, 9.17) is 9.84 Å². The minimum atomic E-state index is -1.34. The Hall–Kier alpha value is -1.64. The third-order valence-corrected chi connectivity index (χ3v) is 2.31. The van der Waals surface area contributed by atoms with Crippen LogP contribution in [0.1, 0.15) is 20.8 Å². The number of hydrogen-bond acceptors (Lipinski definition) is 7. The average Bonchev–Trinajstić information content (AvgIpc) is 2.35. The summed E-state index contributed by atoms with van der Waals surface area (Å²) in [6.45, 7) is 3.19. The molecule has 0 fully saturated rings. The maximum absolute atomic E-state index is 11.4. The predicted octanol–water partition coefficient (Wildman–Crippen LogP) is 0.261. The van der Waals surface area contributed by atoms with E-state index in [0.717, 1.165) is 6.92 Å². The quantitative estimate of drug-likeness (QED) is 0.393. The van der Waals surface area contributed by atoms with Crippen molar-refractivity contribution in [2.75, 3.05) is 6.61 Å². The standard InChI is InChI=1S/C11H15BrO8/c1-5(12)10(16)20-7(3)11(17)18-4-8(13)19-6(2)9(14)15/h5-7H,4H2,1-3H3,(H,14,15). The van der Waals surface area contributed by atoms with Crippen LogP contribution in [-0.2, 0) is 33.4 Å². The van der Waals surface area contributed by atoms with E-state index in [1.54, 1.807) is 0 Å². The number of alkyl halides is 1. The van der Waals surface area contributed by atoms with Gasteiger partial charge in [0, 0.05) is 0 Å². The molecule has 0 saturated carbocycles. The molecule has 3 atom stereocenters. The molecule has 0 aliphatic carbocycles. The Morgan fingerprint density at radius 3 is 2.00 bits per heavy atom. The van der Waals surface area contributed by atoms with Crippen LogP contribution in [0, 0.1) is 0 Å². The van der Waals surface area contributed by atoms with Crippen LogP contribution in [0.5, 0.6) is 0 Å². The fraction of sp³-hybridized carbons (Fsp3) is 0.636. The van der Waals surface area contributed by atoms with Crippen molar-refractivity contribution >= 4 is 39.8 Å². The Labute approximate surface area is 123 Å². The van der Waals surface area contributed by atoms with Crippen molar-refractivity contribution in [3.8, 4) is 0 Å². The van der Waals surface area contributed by atoms with E-state index < -0.39 is 47.5 Å². The summed E-state index contributed by atoms with van der Waals surface area (Å²) in [7, 11) is 0. The molecular formula is C11H15BrO8. The maximum atomic E-state index is 11.4. The Morgan fingerprint density at radius 1 is 1.00 bits per heavy atom. The number of carbonyl (C=O) groups excluding carboxylic acids is 3. The summed E-state index contributed by atoms with van der Waals surface area (Å²) >= 11 is 2.96. The minimum Gasteiger partial charge on any atom is -0.479 e. The number of aliphatic carboxylic acids is 1. The first-order chi connectivity index (χ1) is 9.15. The Balaban J connectivity index is 4.12. The first-order valence-electron chi connectivity index (χ1n) is 5.58. The molecule has 0 aliphatic rings. The maximum Gasteiger partial charge on any atom is 0.347 e. The number of esters is 3. The molecule has 1 N–H and O–H groups in total. The van der Waals surface area contributed by atoms with Crippen LogP contribution in [0.4, 0.5) is 0 Å². The molecule has 0 amide bonds. The summed E-state index contributed by atoms with van der Waals surface area (Å²) in [6.07, 6.45) is -2.53. The van der Waals surface area contributed by atoms with Crippen molar-refractivity contribution in [3.05, 3.63) is 0 Å². The highest BCUT2D eigenvalue weighted by atomic mass is 79.9. The monoisotopic (exact) mass is 354 g/mol. The van der Waals surface area contributed by atoms with Gasteiger partial charge in [-0.1, -0.05) is 15.9 Å². The largest absolute Gasteiger partial charge is 0.479 e. The van der Waals surface area contributed by atoms with Crippen LogP contribution in [0.2, 0.25) is 0 Å². The normalized spacial score (nSPS) is 14.6. The number of carboxylic acid groups (broad SMARTS) is 1. The molecule has 3 unspecified atom stereocenters. The van der Waals surface area contributed by atoms with Gasteiger partial charge in [-0.2, -0.15) is 0 Å². The lowest BCUT2D eigenvalue weighted by atomic mass is 10.4. The van der Waals surface area contributed by atoms with Crippen LogP contribution >= 0.6 is 15.9 Å². The molecule has 9 heteroatoms. The molecule has 0 saturated heterocycles. The lowest BCUT2D eigenvalue weighted by Crippen LogP contribution is -2.32. The van der Waals surface area contributed by atoms with Gasteiger partial charge < -0.3 is 19.3 Å². The van der Waals surface area contributed by atoms with Gasteiger partial charge in [0.2, 0.25) is 0 Å². The second-order valence-corrected chi connectivity index (χ2v) is 5.15. The minimum absolute atomic E-state index is 0.584. The van der Waals surface area contributed by atoms with Gasteiger partial charge in [-0.3, -0.25) is 4.79 Å². The highest BCUT2D eigenvalue weighted by Crippen LogP contribution is 2.04. The van der Waals surface area contributed by atoms with Gasteiger partial charge in [-0.15, -0.1) is 0 Å². The third-order valence-electron chi connectivity index (χ3n) is 1.94. The zero-order valence-electron chi connectivity index (χ0n) is 11.1. The highest BCUT2D eigenvalue weighted by molar-refractivity contribution is 9.10. The van der Waals surface area contributed by atoms with Crippen molar-refractivity contribution < 1.29 is 38.5 Å². The van der Waals surface area contributed by atoms with E-state index in [-0.39, 0.29) is 0 Å². The van der Waals surface area contributed by atoms with Gasteiger partial charge in [0.1, 0.15) is 4.83 Å². The number of rotatable bonds is 7. The number of carboxylic acids is 1. The lowest BCUT2D eigenvalue weighted by Gasteiger charge is -2.14. The van der Waals surface area contributed by atoms with Crippen molar-refractivity contribution in [2.24, 2.45) is 0 Å². The molecule has 0 spiro atoms. The van der Waals surface area contributed by atoms with Gasteiger partial charge in [0.15, 0.2) is 18.8 Å². The summed E-state index contributed by atoms with van der Waals surface area (Å²) in [5.41, 5.74) is 0. The SMILES string of the molecule is CC(Br)C(=O)OC(C)C(=O)OCC(=O)OC(C)C(=O)O. The summed E-state index contributed by atoms with van der Waals surface area (Å²) < 4.78 is 13.7. The van der Waals surface area contributed by atoms with Crippen LogP contribution in [-0.4, -0.2) is 52.6 Å². The first kappa shape index (κ1) is 18.4. The molecule has 114 valence electrons. The molecule has 0 aromatic heterocycles. The second-order valence-electron chi connectivity index (χ2n) is 3.77. The highest BCUT2D eigenvalue weighted by Gasteiger charge is 2.23. The fourth-order valence-electron chi connectivity index (χ4n) is 0.845. The topological polar surface area (TPSA) is 116 Å². The van der Waals surface area contributed by atoms with Crippen LogP contribution in [0.15, 0.2) is 0 Å². The number of carbonyl (C=O) groups is 4. The van der Waals surface area contributed by atoms with Crippen molar-refractivity contribution in [1.82, 2.24) is 0 Å². The fourth-order valence-corrected chi connectivity index (χ4v) is 0.953. The molecule has 0 aliphatic heterocycles. The summed E-state index contributed by atoms with van der Waals surface area (Å²) in [5, 5.41) is 8.50. The van der Waals surface area contributed by atoms with Gasteiger partial charge in [0.05, 0.1) is 0 Å². The molecular weight excluding hydrogens is 340 g/mol. The van der Waals surface area contributed by atoms with E-state index in [1.807, 2.05) is 0 Å². The van der Waals surface area contributed by atoms with Gasteiger partial charge in [0.25, 0.3) is 0 Å². The zero-order chi connectivity index (χ0) is 15.9. The van der Waals surface area contributed by atoms with E-state index in [1.165, 1.54) is 13.8 Å². The van der Waals surface area contributed by atoms with Gasteiger partial charge >= 0.3 is 23.9 Å². The van der Waals surface area contributed by atoms with Crippen LogP contribution < -0.4 is 0 Å². The Bertz CT molecular complexity index is 392. The first-order valence-corrected chi connectivity index (χ1v) is 6.50. The average molecular weight is 355 g/mol. The second kappa shape index (κ2) is 8.51. The Kier molecular flexibility index (Phi) is 7.82. The van der Waals surface area contributed by atoms with Gasteiger partial charge in [-0.25, -0.2) is 14.4 Å². The predicted molar refractivity (Wildman–Crippen MR) is 68.1 cm³/mol. The van der Waals surface area contributed by atoms with Crippen molar-refractivity contribution in [3.63, 3.8) is 0 Å².